The smallest absolute Gasteiger partial charge is 0.243 e. The number of benzene rings is 1. The quantitative estimate of drug-likeness (QED) is 0.799. The number of sulfone groups is 1. The minimum atomic E-state index is -3.67. The number of nitrogens with zero attached hydrogens (tertiary/aromatic N) is 1. The number of aryl methyl sites for hydroxylation is 1. The van der Waals surface area contributed by atoms with Gasteiger partial charge in [-0.3, -0.25) is 0 Å². The van der Waals surface area contributed by atoms with E-state index < -0.39 is 25.1 Å². The Morgan fingerprint density at radius 1 is 1.27 bits per heavy atom. The second-order valence-electron chi connectivity index (χ2n) is 5.46. The molecule has 1 atom stereocenters. The van der Waals surface area contributed by atoms with Gasteiger partial charge in [0.25, 0.3) is 0 Å². The highest BCUT2D eigenvalue weighted by molar-refractivity contribution is 7.91. The second-order valence-corrected chi connectivity index (χ2v) is 9.73. The van der Waals surface area contributed by atoms with Gasteiger partial charge in [-0.15, -0.1) is 0 Å². The first-order valence-electron chi connectivity index (χ1n) is 7.08. The van der Waals surface area contributed by atoms with Crippen LogP contribution in [-0.2, 0) is 19.9 Å². The molecule has 0 radical (unpaired) electrons. The van der Waals surface area contributed by atoms with Gasteiger partial charge in [-0.05, 0) is 44.0 Å². The third-order valence-corrected chi connectivity index (χ3v) is 7.25. The molecule has 0 spiro atoms. The van der Waals surface area contributed by atoms with Crippen LogP contribution < -0.4 is 4.74 Å². The molecule has 1 aliphatic rings. The minimum absolute atomic E-state index is 0.0213. The van der Waals surface area contributed by atoms with Crippen molar-refractivity contribution in [3.05, 3.63) is 23.8 Å². The molecule has 0 unspecified atom stereocenters. The van der Waals surface area contributed by atoms with E-state index in [1.165, 1.54) is 10.4 Å². The summed E-state index contributed by atoms with van der Waals surface area (Å²) >= 11 is 0. The van der Waals surface area contributed by atoms with E-state index in [1.54, 1.807) is 19.1 Å². The van der Waals surface area contributed by atoms with Gasteiger partial charge in [0.2, 0.25) is 10.0 Å². The topological polar surface area (TPSA) is 80.8 Å². The lowest BCUT2D eigenvalue weighted by Gasteiger charge is -2.17. The van der Waals surface area contributed by atoms with Crippen LogP contribution in [0.2, 0.25) is 0 Å². The fourth-order valence-electron chi connectivity index (χ4n) is 2.51. The molecule has 0 amide bonds. The molecule has 0 bridgehead atoms. The van der Waals surface area contributed by atoms with Crippen molar-refractivity contribution in [2.24, 2.45) is 0 Å². The Hall–Kier alpha value is -1.12. The van der Waals surface area contributed by atoms with Crippen molar-refractivity contribution in [2.45, 2.75) is 30.4 Å². The molecule has 124 valence electrons. The van der Waals surface area contributed by atoms with Gasteiger partial charge in [-0.25, -0.2) is 16.8 Å². The summed E-state index contributed by atoms with van der Waals surface area (Å²) < 4.78 is 55.0. The maximum Gasteiger partial charge on any atom is 0.243 e. The predicted octanol–water partition coefficient (Wildman–Crippen LogP) is 1.20. The highest BCUT2D eigenvalue weighted by Gasteiger charge is 2.37. The molecular weight excluding hydrogens is 326 g/mol. The minimum Gasteiger partial charge on any atom is -0.494 e. The summed E-state index contributed by atoms with van der Waals surface area (Å²) in [7, 11) is -6.90. The average molecular weight is 347 g/mol. The zero-order valence-electron chi connectivity index (χ0n) is 12.9. The van der Waals surface area contributed by atoms with Crippen LogP contribution in [0, 0.1) is 6.92 Å². The normalized spacial score (nSPS) is 20.2. The summed E-state index contributed by atoms with van der Waals surface area (Å²) in [6.07, 6.45) is 1.49. The zero-order chi connectivity index (χ0) is 16.5. The van der Waals surface area contributed by atoms with Gasteiger partial charge in [-0.1, -0.05) is 0 Å². The fourth-order valence-corrected chi connectivity index (χ4v) is 5.18. The fraction of sp³-hybridized carbons (Fsp3) is 0.571. The lowest BCUT2D eigenvalue weighted by molar-refractivity contribution is 0.337. The molecule has 8 heteroatoms. The van der Waals surface area contributed by atoms with E-state index in [2.05, 4.69) is 0 Å². The summed E-state index contributed by atoms with van der Waals surface area (Å²) in [6.45, 7) is 4.40. The molecule has 1 heterocycles. The Morgan fingerprint density at radius 3 is 2.45 bits per heavy atom. The first kappa shape index (κ1) is 17.2. The standard InChI is InChI=1S/C14H21NO5S2/c1-4-20-14-6-5-12(9-11(14)2)22(18,19)15-8-7-13(10-15)21(3,16)17/h5-6,9,13H,4,7-8,10H2,1-3H3/t13-/m0/s1. The molecule has 2 rings (SSSR count). The maximum absolute atomic E-state index is 12.6. The zero-order valence-corrected chi connectivity index (χ0v) is 14.6. The molecule has 22 heavy (non-hydrogen) atoms. The van der Waals surface area contributed by atoms with Crippen LogP contribution in [0.25, 0.3) is 0 Å². The van der Waals surface area contributed by atoms with E-state index in [9.17, 15) is 16.8 Å². The average Bonchev–Trinajstić information content (AvgIpc) is 2.91. The van der Waals surface area contributed by atoms with E-state index >= 15 is 0 Å². The Kier molecular flexibility index (Phi) is 4.84. The Bertz CT molecular complexity index is 755. The highest BCUT2D eigenvalue weighted by atomic mass is 32.2. The molecule has 0 N–H and O–H groups in total. The number of sulfonamides is 1. The van der Waals surface area contributed by atoms with Crippen LogP contribution in [0.3, 0.4) is 0 Å². The molecule has 1 fully saturated rings. The SMILES string of the molecule is CCOc1ccc(S(=O)(=O)N2CC[C@H](S(C)(=O)=O)C2)cc1C. The highest BCUT2D eigenvalue weighted by Crippen LogP contribution is 2.27. The van der Waals surface area contributed by atoms with E-state index in [-0.39, 0.29) is 18.0 Å². The van der Waals surface area contributed by atoms with E-state index in [1.807, 2.05) is 6.92 Å². The van der Waals surface area contributed by atoms with Crippen LogP contribution in [0.15, 0.2) is 23.1 Å². The van der Waals surface area contributed by atoms with Crippen molar-refractivity contribution < 1.29 is 21.6 Å². The molecular formula is C14H21NO5S2. The Labute approximate surface area is 132 Å². The second kappa shape index (κ2) is 6.17. The predicted molar refractivity (Wildman–Crippen MR) is 84.4 cm³/mol. The van der Waals surface area contributed by atoms with Crippen molar-refractivity contribution in [1.82, 2.24) is 4.31 Å². The molecule has 1 aromatic carbocycles. The van der Waals surface area contributed by atoms with Gasteiger partial charge in [0.1, 0.15) is 5.75 Å². The van der Waals surface area contributed by atoms with Gasteiger partial charge >= 0.3 is 0 Å². The number of hydrogen-bond donors (Lipinski definition) is 0. The summed E-state index contributed by atoms with van der Waals surface area (Å²) in [5, 5.41) is -0.619. The molecule has 0 aliphatic carbocycles. The molecule has 6 nitrogen and oxygen atoms in total. The van der Waals surface area contributed by atoms with Crippen molar-refractivity contribution in [1.29, 1.82) is 0 Å². The number of hydrogen-bond acceptors (Lipinski definition) is 5. The molecule has 1 saturated heterocycles. The van der Waals surface area contributed by atoms with Crippen LogP contribution in [-0.4, -0.2) is 52.3 Å². The third-order valence-electron chi connectivity index (χ3n) is 3.80. The summed E-state index contributed by atoms with van der Waals surface area (Å²) in [5.74, 6) is 0.650. The van der Waals surface area contributed by atoms with Gasteiger partial charge in [-0.2, -0.15) is 4.31 Å². The van der Waals surface area contributed by atoms with Gasteiger partial charge in [0.15, 0.2) is 9.84 Å². The van der Waals surface area contributed by atoms with E-state index in [4.69, 9.17) is 4.74 Å². The van der Waals surface area contributed by atoms with Gasteiger partial charge in [0.05, 0.1) is 16.8 Å². The lowest BCUT2D eigenvalue weighted by Crippen LogP contribution is -2.31. The summed E-state index contributed by atoms with van der Waals surface area (Å²) in [4.78, 5) is 0.169. The Morgan fingerprint density at radius 2 is 1.95 bits per heavy atom. The van der Waals surface area contributed by atoms with Crippen LogP contribution in [0.5, 0.6) is 5.75 Å². The molecule has 0 saturated carbocycles. The van der Waals surface area contributed by atoms with Crippen molar-refractivity contribution in [2.75, 3.05) is 26.0 Å². The van der Waals surface area contributed by atoms with Crippen LogP contribution in [0.1, 0.15) is 18.9 Å². The van der Waals surface area contributed by atoms with E-state index in [0.717, 1.165) is 11.8 Å². The first-order valence-corrected chi connectivity index (χ1v) is 10.5. The van der Waals surface area contributed by atoms with Crippen LogP contribution in [0.4, 0.5) is 0 Å². The largest absolute Gasteiger partial charge is 0.494 e. The molecule has 1 aliphatic heterocycles. The number of rotatable bonds is 5. The summed E-state index contributed by atoms with van der Waals surface area (Å²) in [5.41, 5.74) is 0.738. The van der Waals surface area contributed by atoms with Crippen molar-refractivity contribution in [3.63, 3.8) is 0 Å². The van der Waals surface area contributed by atoms with E-state index in [0.29, 0.717) is 18.8 Å². The Balaban J connectivity index is 2.27. The maximum atomic E-state index is 12.6. The third kappa shape index (κ3) is 3.44. The monoisotopic (exact) mass is 347 g/mol. The number of ether oxygens (including phenoxy) is 1. The van der Waals surface area contributed by atoms with Crippen LogP contribution >= 0.6 is 0 Å². The summed E-state index contributed by atoms with van der Waals surface area (Å²) in [6, 6.07) is 4.70. The molecule has 1 aromatic rings. The van der Waals surface area contributed by atoms with Crippen molar-refractivity contribution >= 4 is 19.9 Å². The lowest BCUT2D eigenvalue weighted by atomic mass is 10.2. The first-order chi connectivity index (χ1) is 10.2. The van der Waals surface area contributed by atoms with Gasteiger partial charge < -0.3 is 4.74 Å². The van der Waals surface area contributed by atoms with Gasteiger partial charge in [0, 0.05) is 19.3 Å². The molecule has 0 aromatic heterocycles. The van der Waals surface area contributed by atoms with Crippen molar-refractivity contribution in [3.8, 4) is 5.75 Å².